The number of hydrogen-bond donors (Lipinski definition) is 3. The number of amides is 3. The molecule has 4 atom stereocenters. The van der Waals surface area contributed by atoms with Crippen LogP contribution in [0.4, 0.5) is 20.4 Å². The number of H-pyrrole nitrogens is 1. The zero-order valence-corrected chi connectivity index (χ0v) is 34.5. The minimum atomic E-state index is -2.44. The maximum Gasteiger partial charge on any atom is 0.252 e. The number of ether oxygens (including phenoxy) is 2. The van der Waals surface area contributed by atoms with Gasteiger partial charge in [0.1, 0.15) is 12.4 Å². The van der Waals surface area contributed by atoms with Gasteiger partial charge in [0.2, 0.25) is 17.8 Å². The van der Waals surface area contributed by atoms with Gasteiger partial charge in [0.25, 0.3) is 12.3 Å². The van der Waals surface area contributed by atoms with Crippen LogP contribution in [0.25, 0.3) is 10.9 Å². The fourth-order valence-electron chi connectivity index (χ4n) is 10.8. The summed E-state index contributed by atoms with van der Waals surface area (Å²) in [7, 11) is 0. The molecule has 1 spiro atoms. The molecule has 7 aliphatic heterocycles. The van der Waals surface area contributed by atoms with Crippen LogP contribution < -0.4 is 25.2 Å². The molecule has 4 saturated heterocycles. The van der Waals surface area contributed by atoms with Crippen molar-refractivity contribution in [1.29, 1.82) is 0 Å². The van der Waals surface area contributed by atoms with Gasteiger partial charge in [-0.15, -0.1) is 0 Å². The Balaban J connectivity index is 0.000000503. The molecule has 3 N–H and O–H groups in total. The second kappa shape index (κ2) is 16.3. The molecule has 3 unspecified atom stereocenters. The Labute approximate surface area is 353 Å². The van der Waals surface area contributed by atoms with Crippen molar-refractivity contribution in [2.45, 2.75) is 88.6 Å². The number of aromatic amines is 1. The lowest BCUT2D eigenvalue weighted by Gasteiger charge is -2.46. The van der Waals surface area contributed by atoms with Gasteiger partial charge in [-0.1, -0.05) is 18.2 Å². The number of halogens is 2. The molecule has 3 amide bonds. The Hall–Kier alpha value is -5.19. The van der Waals surface area contributed by atoms with E-state index in [1.807, 2.05) is 48.5 Å². The molecule has 0 aliphatic carbocycles. The summed E-state index contributed by atoms with van der Waals surface area (Å²) in [4.78, 5) is 55.3. The van der Waals surface area contributed by atoms with Crippen LogP contribution in [0.15, 0.2) is 48.8 Å². The standard InChI is InChI=1S/C40H46F2N8O3.C5H7NO2/c1-24-12-31-29-4-2-3-5-32(29)46-36(31)37(50(24)21-35(41)42)27-17-44-39(45-18-27)48-8-6-40(7-9-48)15-25(22-53-40)19-47-10-11-49-28(20-47)23-52-34-14-30-26(13-33(34)49)16-43-38(30)51;7-4-2-1-3-5(8)6-4/h2-5,13-14,17-18,24-25,28,35,37,46H,6-12,15-16,19-23H2,1H3,(H,43,51);1-3H2,(H,6,7,8)/t24?,25?,28?,37-;/m0./s1. The first-order chi connectivity index (χ1) is 29.6. The summed E-state index contributed by atoms with van der Waals surface area (Å²) in [6.07, 6.45) is 6.60. The summed E-state index contributed by atoms with van der Waals surface area (Å²) in [6, 6.07) is 12.1. The highest BCUT2D eigenvalue weighted by molar-refractivity contribution is 5.99. The van der Waals surface area contributed by atoms with Crippen LogP contribution in [0.1, 0.15) is 84.2 Å². The van der Waals surface area contributed by atoms with E-state index < -0.39 is 6.43 Å². The predicted octanol–water partition coefficient (Wildman–Crippen LogP) is 4.57. The number of para-hydroxylation sites is 1. The van der Waals surface area contributed by atoms with Gasteiger partial charge in [0, 0.05) is 105 Å². The fraction of sp³-hybridized carbons (Fsp3) is 0.533. The maximum absolute atomic E-state index is 13.9. The molecular formula is C45H53F2N9O5. The van der Waals surface area contributed by atoms with Crippen molar-refractivity contribution >= 4 is 40.3 Å². The Morgan fingerprint density at radius 1 is 0.984 bits per heavy atom. The number of nitrogens with zero attached hydrogens (tertiary/aromatic N) is 6. The molecule has 14 nitrogen and oxygen atoms in total. The number of piperidine rings is 2. The molecule has 4 aromatic rings. The lowest BCUT2D eigenvalue weighted by molar-refractivity contribution is -0.132. The van der Waals surface area contributed by atoms with Gasteiger partial charge in [-0.3, -0.25) is 29.5 Å². The molecule has 322 valence electrons. The molecule has 2 aromatic carbocycles. The quantitative estimate of drug-likeness (QED) is 0.235. The first-order valence-electron chi connectivity index (χ1n) is 21.8. The molecule has 61 heavy (non-hydrogen) atoms. The number of piperazine rings is 1. The first kappa shape index (κ1) is 39.9. The van der Waals surface area contributed by atoms with Gasteiger partial charge in [0.05, 0.1) is 36.5 Å². The van der Waals surface area contributed by atoms with Crippen LogP contribution in [0, 0.1) is 5.92 Å². The largest absolute Gasteiger partial charge is 0.489 e. The second-order valence-corrected chi connectivity index (χ2v) is 17.9. The Morgan fingerprint density at radius 2 is 1.77 bits per heavy atom. The smallest absolute Gasteiger partial charge is 0.252 e. The molecule has 11 rings (SSSR count). The summed E-state index contributed by atoms with van der Waals surface area (Å²) in [5.41, 5.74) is 6.81. The van der Waals surface area contributed by atoms with E-state index in [-0.39, 0.29) is 42.0 Å². The van der Waals surface area contributed by atoms with Crippen LogP contribution in [0.5, 0.6) is 5.75 Å². The number of aromatic nitrogens is 3. The van der Waals surface area contributed by atoms with Crippen LogP contribution >= 0.6 is 0 Å². The minimum Gasteiger partial charge on any atom is -0.489 e. The van der Waals surface area contributed by atoms with Gasteiger partial charge in [-0.05, 0) is 74.3 Å². The summed E-state index contributed by atoms with van der Waals surface area (Å²) in [5.74, 6) is 1.71. The lowest BCUT2D eigenvalue weighted by Crippen LogP contribution is -2.58. The number of nitrogens with one attached hydrogen (secondary N) is 3. The highest BCUT2D eigenvalue weighted by Crippen LogP contribution is 2.43. The SMILES string of the molecule is CC1Cc2c([nH]c3ccccc23)[C@H](c2cnc(N3CCC4(CC3)CC(CN3CCN5c6cc7c(cc6OCC5C3)C(=O)NC7)CO4)nc2)N1CC(F)F.O=C1CCCC(=O)N1. The van der Waals surface area contributed by atoms with E-state index in [2.05, 4.69) is 42.5 Å². The first-order valence-corrected chi connectivity index (χ1v) is 21.8. The third-order valence-electron chi connectivity index (χ3n) is 13.9. The number of fused-ring (bicyclic) bond motifs is 7. The van der Waals surface area contributed by atoms with Crippen molar-refractivity contribution < 1.29 is 32.6 Å². The van der Waals surface area contributed by atoms with E-state index in [9.17, 15) is 23.2 Å². The molecule has 0 bridgehead atoms. The fourth-order valence-corrected chi connectivity index (χ4v) is 10.8. The van der Waals surface area contributed by atoms with Crippen LogP contribution in [-0.4, -0.2) is 126 Å². The Morgan fingerprint density at radius 3 is 2.52 bits per heavy atom. The average Bonchev–Trinajstić information content (AvgIpc) is 3.95. The zero-order chi connectivity index (χ0) is 41.8. The Bertz CT molecular complexity index is 2300. The van der Waals surface area contributed by atoms with Crippen molar-refractivity contribution in [1.82, 2.24) is 35.4 Å². The van der Waals surface area contributed by atoms with Gasteiger partial charge >= 0.3 is 0 Å². The van der Waals surface area contributed by atoms with Crippen molar-refractivity contribution in [3.05, 3.63) is 76.7 Å². The number of hydrogen-bond acceptors (Lipinski definition) is 11. The second-order valence-electron chi connectivity index (χ2n) is 17.9. The molecule has 9 heterocycles. The predicted molar refractivity (Wildman–Crippen MR) is 224 cm³/mol. The topological polar surface area (TPSA) is 148 Å². The Kier molecular flexibility index (Phi) is 10.6. The number of carbonyl (C=O) groups excluding carboxylic acids is 3. The molecule has 2 aromatic heterocycles. The van der Waals surface area contributed by atoms with Gasteiger partial charge in [0.15, 0.2) is 0 Å². The van der Waals surface area contributed by atoms with E-state index in [1.165, 1.54) is 5.56 Å². The minimum absolute atomic E-state index is 0.0135. The molecule has 0 radical (unpaired) electrons. The number of alkyl halides is 2. The lowest BCUT2D eigenvalue weighted by atomic mass is 9.85. The number of benzene rings is 2. The van der Waals surface area contributed by atoms with E-state index in [0.717, 1.165) is 110 Å². The molecule has 7 aliphatic rings. The van der Waals surface area contributed by atoms with Crippen molar-refractivity contribution in [2.75, 3.05) is 68.8 Å². The number of carbonyl (C=O) groups is 3. The number of imide groups is 1. The van der Waals surface area contributed by atoms with Crippen LogP contribution in [0.3, 0.4) is 0 Å². The molecule has 0 saturated carbocycles. The van der Waals surface area contributed by atoms with Crippen molar-refractivity contribution in [3.8, 4) is 5.75 Å². The number of rotatable bonds is 6. The van der Waals surface area contributed by atoms with E-state index in [4.69, 9.17) is 19.4 Å². The summed E-state index contributed by atoms with van der Waals surface area (Å²) >= 11 is 0. The monoisotopic (exact) mass is 837 g/mol. The van der Waals surface area contributed by atoms with Crippen LogP contribution in [0.2, 0.25) is 0 Å². The highest BCUT2D eigenvalue weighted by atomic mass is 19.3. The molecular weight excluding hydrogens is 785 g/mol. The van der Waals surface area contributed by atoms with Gasteiger partial charge in [-0.2, -0.15) is 0 Å². The number of anilines is 2. The molecule has 16 heteroatoms. The summed E-state index contributed by atoms with van der Waals surface area (Å²) in [5, 5.41) is 6.28. The summed E-state index contributed by atoms with van der Waals surface area (Å²) < 4.78 is 40.5. The average molecular weight is 838 g/mol. The van der Waals surface area contributed by atoms with Crippen LogP contribution in [-0.2, 0) is 27.3 Å². The normalized spacial score (nSPS) is 25.9. The highest BCUT2D eigenvalue weighted by Gasteiger charge is 2.45. The third kappa shape index (κ3) is 7.82. The third-order valence-corrected chi connectivity index (χ3v) is 13.9. The van der Waals surface area contributed by atoms with E-state index in [1.54, 1.807) is 0 Å². The van der Waals surface area contributed by atoms with Crippen molar-refractivity contribution in [2.24, 2.45) is 5.92 Å². The van der Waals surface area contributed by atoms with Gasteiger partial charge in [-0.25, -0.2) is 18.7 Å². The zero-order valence-electron chi connectivity index (χ0n) is 34.5. The van der Waals surface area contributed by atoms with Gasteiger partial charge < -0.3 is 29.6 Å². The van der Waals surface area contributed by atoms with E-state index >= 15 is 0 Å². The maximum atomic E-state index is 13.9. The van der Waals surface area contributed by atoms with Crippen molar-refractivity contribution in [3.63, 3.8) is 0 Å². The summed E-state index contributed by atoms with van der Waals surface area (Å²) in [6.45, 7) is 9.29. The molecule has 4 fully saturated rings. The van der Waals surface area contributed by atoms with E-state index in [0.29, 0.717) is 56.7 Å².